The fourth-order valence-electron chi connectivity index (χ4n) is 1.01. The predicted octanol–water partition coefficient (Wildman–Crippen LogP) is 0.243. The van der Waals surface area contributed by atoms with Crippen LogP contribution in [0.5, 0.6) is 0 Å². The fraction of sp³-hybridized carbons (Fsp3) is 0.900. The smallest absolute Gasteiger partial charge is 0.235 e. The van der Waals surface area contributed by atoms with E-state index in [4.69, 9.17) is 5.73 Å². The van der Waals surface area contributed by atoms with Crippen LogP contribution in [0.25, 0.3) is 0 Å². The molecule has 90 valence electrons. The van der Waals surface area contributed by atoms with Gasteiger partial charge in [0.05, 0.1) is 0 Å². The number of amides is 1. The summed E-state index contributed by atoms with van der Waals surface area (Å²) < 4.78 is 11.7. The molecule has 3 atom stereocenters. The maximum atomic E-state index is 11.7. The fourth-order valence-corrected chi connectivity index (χ4v) is 2.31. The molecule has 5 heteroatoms. The van der Waals surface area contributed by atoms with Crippen LogP contribution in [0.1, 0.15) is 27.7 Å². The highest BCUT2D eigenvalue weighted by atomic mass is 32.2. The normalized spacial score (nSPS) is 17.2. The first-order valence-electron chi connectivity index (χ1n) is 5.26. The van der Waals surface area contributed by atoms with Gasteiger partial charge in [-0.2, -0.15) is 0 Å². The zero-order valence-electron chi connectivity index (χ0n) is 9.95. The van der Waals surface area contributed by atoms with E-state index >= 15 is 0 Å². The molecule has 0 aliphatic heterocycles. The van der Waals surface area contributed by atoms with E-state index in [-0.39, 0.29) is 17.9 Å². The number of nitrogens with one attached hydrogen (secondary N) is 1. The molecule has 0 spiro atoms. The summed E-state index contributed by atoms with van der Waals surface area (Å²) in [5.74, 6) is 0.538. The number of carbonyl (C=O) groups excluding carboxylic acids is 1. The topological polar surface area (TPSA) is 72.2 Å². The predicted molar refractivity (Wildman–Crippen MR) is 64.0 cm³/mol. The van der Waals surface area contributed by atoms with Crippen LogP contribution in [0, 0.1) is 5.92 Å². The third-order valence-corrected chi connectivity index (χ3v) is 3.95. The second-order valence-electron chi connectivity index (χ2n) is 4.19. The second-order valence-corrected chi connectivity index (χ2v) is 6.00. The molecule has 4 nitrogen and oxygen atoms in total. The average molecular weight is 234 g/mol. The van der Waals surface area contributed by atoms with E-state index in [9.17, 15) is 9.00 Å². The zero-order valence-corrected chi connectivity index (χ0v) is 10.8. The molecule has 0 heterocycles. The van der Waals surface area contributed by atoms with Crippen LogP contribution < -0.4 is 11.1 Å². The van der Waals surface area contributed by atoms with E-state index < -0.39 is 16.0 Å². The van der Waals surface area contributed by atoms with Gasteiger partial charge in [0.1, 0.15) is 5.25 Å². The van der Waals surface area contributed by atoms with Gasteiger partial charge in [-0.3, -0.25) is 9.00 Å². The van der Waals surface area contributed by atoms with Crippen LogP contribution in [0.4, 0.5) is 0 Å². The minimum Gasteiger partial charge on any atom is -0.353 e. The molecule has 0 saturated heterocycles. The third-order valence-electron chi connectivity index (χ3n) is 2.05. The van der Waals surface area contributed by atoms with Gasteiger partial charge in [0, 0.05) is 22.6 Å². The summed E-state index contributed by atoms with van der Waals surface area (Å²) in [5, 5.41) is 2.29. The Balaban J connectivity index is 4.13. The van der Waals surface area contributed by atoms with Crippen molar-refractivity contribution in [3.8, 4) is 0 Å². The van der Waals surface area contributed by atoms with E-state index in [1.165, 1.54) is 0 Å². The highest BCUT2D eigenvalue weighted by Crippen LogP contribution is 2.03. The average Bonchev–Trinajstić information content (AvgIpc) is 2.15. The lowest BCUT2D eigenvalue weighted by Gasteiger charge is -2.16. The number of rotatable bonds is 6. The molecule has 15 heavy (non-hydrogen) atoms. The minimum atomic E-state index is -1.13. The lowest BCUT2D eigenvalue weighted by atomic mass is 10.2. The van der Waals surface area contributed by atoms with E-state index in [2.05, 4.69) is 5.32 Å². The first kappa shape index (κ1) is 14.6. The van der Waals surface area contributed by atoms with Crippen LogP contribution in [-0.2, 0) is 15.6 Å². The van der Waals surface area contributed by atoms with Gasteiger partial charge in [0.15, 0.2) is 0 Å². The Hall–Kier alpha value is -0.420. The van der Waals surface area contributed by atoms with Crippen molar-refractivity contribution in [2.24, 2.45) is 11.7 Å². The molecule has 0 aromatic heterocycles. The molecule has 0 bridgehead atoms. The number of hydrogen-bond donors (Lipinski definition) is 2. The summed E-state index contributed by atoms with van der Waals surface area (Å²) in [6.07, 6.45) is 0. The molecule has 0 saturated carbocycles. The van der Waals surface area contributed by atoms with Gasteiger partial charge in [0.25, 0.3) is 0 Å². The Morgan fingerprint density at radius 2 is 1.87 bits per heavy atom. The van der Waals surface area contributed by atoms with Crippen LogP contribution in [0.3, 0.4) is 0 Å². The summed E-state index contributed by atoms with van der Waals surface area (Å²) in [6, 6.07) is 0.0869. The van der Waals surface area contributed by atoms with Crippen molar-refractivity contribution in [3.63, 3.8) is 0 Å². The maximum Gasteiger partial charge on any atom is 0.235 e. The molecule has 1 amide bonds. The van der Waals surface area contributed by atoms with Crippen LogP contribution >= 0.6 is 0 Å². The van der Waals surface area contributed by atoms with E-state index in [0.717, 1.165) is 0 Å². The lowest BCUT2D eigenvalue weighted by Crippen LogP contribution is -2.40. The summed E-state index contributed by atoms with van der Waals surface area (Å²) >= 11 is 0. The first-order chi connectivity index (χ1) is 6.88. The van der Waals surface area contributed by atoms with Gasteiger partial charge in [-0.1, -0.05) is 6.92 Å². The molecule has 0 aromatic carbocycles. The summed E-state index contributed by atoms with van der Waals surface area (Å²) in [6.45, 7) is 7.90. The summed E-state index contributed by atoms with van der Waals surface area (Å²) in [7, 11) is -1.13. The number of nitrogens with two attached hydrogens (primary N) is 1. The van der Waals surface area contributed by atoms with Gasteiger partial charge in [-0.15, -0.1) is 0 Å². The Morgan fingerprint density at radius 1 is 1.33 bits per heavy atom. The molecule has 0 aliphatic carbocycles. The number of hydrogen-bond acceptors (Lipinski definition) is 3. The zero-order chi connectivity index (χ0) is 12.0. The van der Waals surface area contributed by atoms with Crippen molar-refractivity contribution in [3.05, 3.63) is 0 Å². The monoisotopic (exact) mass is 234 g/mol. The lowest BCUT2D eigenvalue weighted by molar-refractivity contribution is -0.120. The maximum absolute atomic E-state index is 11.7. The van der Waals surface area contributed by atoms with E-state index in [0.29, 0.717) is 12.3 Å². The second kappa shape index (κ2) is 6.95. The molecule has 0 aliphatic rings. The van der Waals surface area contributed by atoms with Gasteiger partial charge >= 0.3 is 0 Å². The largest absolute Gasteiger partial charge is 0.353 e. The molecule has 0 aromatic rings. The first-order valence-corrected chi connectivity index (χ1v) is 6.64. The highest BCUT2D eigenvalue weighted by molar-refractivity contribution is 7.86. The molecule has 0 rings (SSSR count). The van der Waals surface area contributed by atoms with Crippen molar-refractivity contribution in [2.45, 2.75) is 39.0 Å². The van der Waals surface area contributed by atoms with Gasteiger partial charge in [0.2, 0.25) is 5.91 Å². The SMILES string of the molecule is CC(CN)CS(=O)C(C)C(=O)NC(C)C. The Kier molecular flexibility index (Phi) is 6.76. The minimum absolute atomic E-state index is 0.0869. The van der Waals surface area contributed by atoms with Crippen LogP contribution in [0.2, 0.25) is 0 Å². The third kappa shape index (κ3) is 5.89. The highest BCUT2D eigenvalue weighted by Gasteiger charge is 2.21. The van der Waals surface area contributed by atoms with Gasteiger partial charge in [-0.05, 0) is 33.2 Å². The van der Waals surface area contributed by atoms with E-state index in [1.807, 2.05) is 20.8 Å². The van der Waals surface area contributed by atoms with Crippen molar-refractivity contribution in [2.75, 3.05) is 12.3 Å². The van der Waals surface area contributed by atoms with Crippen LogP contribution in [0.15, 0.2) is 0 Å². The Labute approximate surface area is 94.4 Å². The Bertz CT molecular complexity index is 231. The standard InChI is InChI=1S/C10H22N2O2S/c1-7(2)12-10(13)9(4)15(14)6-8(3)5-11/h7-9H,5-6,11H2,1-4H3,(H,12,13). The number of carbonyl (C=O) groups is 1. The van der Waals surface area contributed by atoms with Crippen molar-refractivity contribution >= 4 is 16.7 Å². The molecule has 0 radical (unpaired) electrons. The molecule has 3 unspecified atom stereocenters. The van der Waals surface area contributed by atoms with E-state index in [1.54, 1.807) is 6.92 Å². The molecular formula is C10H22N2O2S. The molecule has 0 fully saturated rings. The summed E-state index contributed by atoms with van der Waals surface area (Å²) in [4.78, 5) is 11.5. The molecule has 3 N–H and O–H groups in total. The quantitative estimate of drug-likeness (QED) is 0.691. The van der Waals surface area contributed by atoms with Gasteiger partial charge < -0.3 is 11.1 Å². The Morgan fingerprint density at radius 3 is 2.27 bits per heavy atom. The van der Waals surface area contributed by atoms with Crippen molar-refractivity contribution < 1.29 is 9.00 Å². The van der Waals surface area contributed by atoms with Crippen LogP contribution in [-0.4, -0.2) is 33.7 Å². The molecular weight excluding hydrogens is 212 g/mol. The van der Waals surface area contributed by atoms with Gasteiger partial charge in [-0.25, -0.2) is 0 Å². The summed E-state index contributed by atoms with van der Waals surface area (Å²) in [5.41, 5.74) is 5.44. The van der Waals surface area contributed by atoms with Crippen molar-refractivity contribution in [1.29, 1.82) is 0 Å². The van der Waals surface area contributed by atoms with Crippen molar-refractivity contribution in [1.82, 2.24) is 5.32 Å².